The van der Waals surface area contributed by atoms with Crippen molar-refractivity contribution < 1.29 is 19.4 Å². The number of primary amides is 1. The number of para-hydroxylation sites is 3. The predicted octanol–water partition coefficient (Wildman–Crippen LogP) is 3.70. The fourth-order valence-corrected chi connectivity index (χ4v) is 5.37. The lowest BCUT2D eigenvalue weighted by Crippen LogP contribution is -2.27. The molecule has 0 saturated carbocycles. The molecule has 8 nitrogen and oxygen atoms in total. The molecule has 0 spiro atoms. The molecule has 6 rings (SSSR count). The molecular weight excluding hydrogens is 470 g/mol. The van der Waals surface area contributed by atoms with Gasteiger partial charge in [-0.1, -0.05) is 42.5 Å². The molecular formula is C29H25N3O5. The van der Waals surface area contributed by atoms with Crippen molar-refractivity contribution in [3.8, 4) is 17.2 Å². The van der Waals surface area contributed by atoms with Gasteiger partial charge in [0.05, 0.1) is 23.4 Å². The number of carbonyl (C=O) groups is 1. The molecule has 1 amide bonds. The van der Waals surface area contributed by atoms with Gasteiger partial charge in [0.1, 0.15) is 19.0 Å². The fraction of sp³-hybridized carbons (Fsp3) is 0.172. The lowest BCUT2D eigenvalue weighted by Gasteiger charge is -2.26. The number of hydrogen-bond donors (Lipinski definition) is 3. The Hall–Kier alpha value is -4.72. The third kappa shape index (κ3) is 3.60. The van der Waals surface area contributed by atoms with Crippen LogP contribution in [0.3, 0.4) is 0 Å². The summed E-state index contributed by atoms with van der Waals surface area (Å²) in [7, 11) is 1.68. The average molecular weight is 496 g/mol. The van der Waals surface area contributed by atoms with E-state index in [4.69, 9.17) is 15.2 Å². The SMILES string of the molecule is Cn1c(=O)c(C(c2cccc3c2OCCO3)c2[nH]c3ccccc3c2CC(N)=O)c(O)c2ccccc21. The van der Waals surface area contributed by atoms with Crippen molar-refractivity contribution in [3.63, 3.8) is 0 Å². The second-order valence-electron chi connectivity index (χ2n) is 9.15. The number of rotatable bonds is 5. The van der Waals surface area contributed by atoms with Gasteiger partial charge >= 0.3 is 0 Å². The molecule has 0 fully saturated rings. The van der Waals surface area contributed by atoms with Crippen LogP contribution in [0.15, 0.2) is 71.5 Å². The van der Waals surface area contributed by atoms with E-state index in [9.17, 15) is 14.7 Å². The number of carbonyl (C=O) groups excluding carboxylic acids is 1. The normalized spacial score (nSPS) is 13.6. The van der Waals surface area contributed by atoms with E-state index >= 15 is 0 Å². The highest BCUT2D eigenvalue weighted by Gasteiger charge is 2.34. The highest BCUT2D eigenvalue weighted by atomic mass is 16.6. The maximum absolute atomic E-state index is 13.9. The van der Waals surface area contributed by atoms with Gasteiger partial charge in [0, 0.05) is 34.6 Å². The number of hydrogen-bond acceptors (Lipinski definition) is 5. The summed E-state index contributed by atoms with van der Waals surface area (Å²) in [6.07, 6.45) is -0.0448. The van der Waals surface area contributed by atoms with Gasteiger partial charge in [0.2, 0.25) is 5.91 Å². The third-order valence-electron chi connectivity index (χ3n) is 6.99. The molecule has 186 valence electrons. The van der Waals surface area contributed by atoms with Crippen LogP contribution in [0.5, 0.6) is 17.2 Å². The van der Waals surface area contributed by atoms with Crippen molar-refractivity contribution >= 4 is 27.7 Å². The van der Waals surface area contributed by atoms with E-state index in [-0.39, 0.29) is 23.3 Å². The van der Waals surface area contributed by atoms with Gasteiger partial charge in [-0.2, -0.15) is 0 Å². The Kier molecular flexibility index (Phi) is 5.37. The second-order valence-corrected chi connectivity index (χ2v) is 9.15. The minimum Gasteiger partial charge on any atom is -0.507 e. The Balaban J connectivity index is 1.75. The Morgan fingerprint density at radius 2 is 1.76 bits per heavy atom. The van der Waals surface area contributed by atoms with Crippen LogP contribution in [0.1, 0.15) is 28.3 Å². The summed E-state index contributed by atoms with van der Waals surface area (Å²) in [6.45, 7) is 0.753. The second kappa shape index (κ2) is 8.74. The highest BCUT2D eigenvalue weighted by Crippen LogP contribution is 2.46. The lowest BCUT2D eigenvalue weighted by molar-refractivity contribution is -0.117. The molecule has 4 N–H and O–H groups in total. The zero-order valence-electron chi connectivity index (χ0n) is 20.2. The Morgan fingerprint density at radius 3 is 2.57 bits per heavy atom. The van der Waals surface area contributed by atoms with E-state index in [1.165, 1.54) is 4.57 Å². The molecule has 3 aromatic carbocycles. The summed E-state index contributed by atoms with van der Waals surface area (Å²) in [5.74, 6) is -0.381. The molecule has 1 unspecified atom stereocenters. The monoisotopic (exact) mass is 495 g/mol. The Bertz CT molecular complexity index is 1750. The first-order valence-electron chi connectivity index (χ1n) is 12.0. The van der Waals surface area contributed by atoms with Crippen molar-refractivity contribution in [2.45, 2.75) is 12.3 Å². The third-order valence-corrected chi connectivity index (χ3v) is 6.99. The number of pyridine rings is 1. The molecule has 8 heteroatoms. The lowest BCUT2D eigenvalue weighted by atomic mass is 9.84. The van der Waals surface area contributed by atoms with Crippen molar-refractivity contribution in [2.24, 2.45) is 12.8 Å². The van der Waals surface area contributed by atoms with E-state index in [1.54, 1.807) is 19.2 Å². The Morgan fingerprint density at radius 1 is 1.03 bits per heavy atom. The van der Waals surface area contributed by atoms with Gasteiger partial charge in [0.25, 0.3) is 5.56 Å². The maximum atomic E-state index is 13.9. The summed E-state index contributed by atoms with van der Waals surface area (Å²) in [4.78, 5) is 29.6. The summed E-state index contributed by atoms with van der Waals surface area (Å²) in [6, 6.07) is 20.3. The number of H-pyrrole nitrogens is 1. The smallest absolute Gasteiger partial charge is 0.258 e. The molecule has 1 atom stereocenters. The quantitative estimate of drug-likeness (QED) is 0.343. The zero-order chi connectivity index (χ0) is 25.7. The average Bonchev–Trinajstić information content (AvgIpc) is 3.27. The van der Waals surface area contributed by atoms with E-state index in [1.807, 2.05) is 54.6 Å². The van der Waals surface area contributed by atoms with Crippen LogP contribution in [0.25, 0.3) is 21.8 Å². The van der Waals surface area contributed by atoms with E-state index in [0.29, 0.717) is 52.4 Å². The van der Waals surface area contributed by atoms with Crippen LogP contribution in [-0.2, 0) is 18.3 Å². The minimum atomic E-state index is -0.804. The van der Waals surface area contributed by atoms with Gasteiger partial charge in [-0.05, 0) is 29.8 Å². The van der Waals surface area contributed by atoms with Crippen molar-refractivity contribution in [2.75, 3.05) is 13.2 Å². The molecule has 5 aromatic rings. The first-order valence-corrected chi connectivity index (χ1v) is 12.0. The number of aromatic nitrogens is 2. The van der Waals surface area contributed by atoms with Crippen molar-refractivity contribution in [3.05, 3.63) is 99.5 Å². The van der Waals surface area contributed by atoms with Gasteiger partial charge in [-0.15, -0.1) is 0 Å². The minimum absolute atomic E-state index is 0.0448. The summed E-state index contributed by atoms with van der Waals surface area (Å²) in [5.41, 5.74) is 8.77. The molecule has 2 aromatic heterocycles. The van der Waals surface area contributed by atoms with Crippen LogP contribution < -0.4 is 20.8 Å². The van der Waals surface area contributed by atoms with Gasteiger partial charge < -0.3 is 29.9 Å². The highest BCUT2D eigenvalue weighted by molar-refractivity contribution is 5.91. The molecule has 0 bridgehead atoms. The molecule has 0 saturated heterocycles. The largest absolute Gasteiger partial charge is 0.507 e. The number of fused-ring (bicyclic) bond motifs is 3. The van der Waals surface area contributed by atoms with Crippen LogP contribution in [0, 0.1) is 0 Å². The predicted molar refractivity (Wildman–Crippen MR) is 140 cm³/mol. The number of aromatic hydroxyl groups is 1. The number of benzene rings is 3. The standard InChI is InChI=1S/C29H25N3O5/c1-32-21-11-5-3-8-17(21)27(34)25(29(32)35)24(18-9-6-12-22-28(18)37-14-13-36-22)26-19(15-23(30)33)16-7-2-4-10-20(16)31-26/h2-12,24,31,34H,13-15H2,1H3,(H2,30,33). The summed E-state index contributed by atoms with van der Waals surface area (Å²) in [5, 5.41) is 13.0. The molecule has 0 aliphatic carbocycles. The van der Waals surface area contributed by atoms with E-state index in [2.05, 4.69) is 4.98 Å². The van der Waals surface area contributed by atoms with Crippen LogP contribution in [-0.4, -0.2) is 33.8 Å². The Labute approximate surface area is 211 Å². The number of nitrogens with two attached hydrogens (primary N) is 1. The topological polar surface area (TPSA) is 120 Å². The van der Waals surface area contributed by atoms with Crippen LogP contribution in [0.4, 0.5) is 0 Å². The molecule has 0 radical (unpaired) electrons. The maximum Gasteiger partial charge on any atom is 0.258 e. The van der Waals surface area contributed by atoms with Crippen LogP contribution in [0.2, 0.25) is 0 Å². The zero-order valence-corrected chi connectivity index (χ0v) is 20.2. The number of ether oxygens (including phenoxy) is 2. The van der Waals surface area contributed by atoms with Gasteiger partial charge in [-0.3, -0.25) is 9.59 Å². The van der Waals surface area contributed by atoms with E-state index in [0.717, 1.165) is 10.9 Å². The number of aryl methyl sites for hydroxylation is 1. The first kappa shape index (κ1) is 22.7. The number of nitrogens with zero attached hydrogens (tertiary/aromatic N) is 1. The fourth-order valence-electron chi connectivity index (χ4n) is 5.37. The molecule has 1 aliphatic heterocycles. The van der Waals surface area contributed by atoms with Crippen molar-refractivity contribution in [1.82, 2.24) is 9.55 Å². The number of aromatic amines is 1. The molecule has 37 heavy (non-hydrogen) atoms. The summed E-state index contributed by atoms with van der Waals surface area (Å²) >= 11 is 0. The number of amides is 1. The molecule has 1 aliphatic rings. The van der Waals surface area contributed by atoms with E-state index < -0.39 is 11.8 Å². The first-order chi connectivity index (χ1) is 18.0. The molecule has 3 heterocycles. The summed E-state index contributed by atoms with van der Waals surface area (Å²) < 4.78 is 13.4. The van der Waals surface area contributed by atoms with Gasteiger partial charge in [0.15, 0.2) is 11.5 Å². The number of nitrogens with one attached hydrogen (secondary N) is 1. The van der Waals surface area contributed by atoms with Crippen molar-refractivity contribution in [1.29, 1.82) is 0 Å². The van der Waals surface area contributed by atoms with Gasteiger partial charge in [-0.25, -0.2) is 0 Å². The van der Waals surface area contributed by atoms with Crippen LogP contribution >= 0.6 is 0 Å².